The molecule has 0 N–H and O–H groups in total. The van der Waals surface area contributed by atoms with Crippen molar-refractivity contribution in [1.82, 2.24) is 0 Å². The standard InChI is InChI=1S/C9H13N3/c1-7(2)8-3-5-9(6-4-8)11-12-10/h3,5,7H,4,6H2,1-2H3. The quantitative estimate of drug-likeness (QED) is 0.339. The van der Waals surface area contributed by atoms with E-state index in [4.69, 9.17) is 5.53 Å². The first-order valence-electron chi connectivity index (χ1n) is 4.18. The monoisotopic (exact) mass is 163 g/mol. The average Bonchev–Trinajstić information content (AvgIpc) is 2.06. The number of nitrogens with zero attached hydrogens (tertiary/aromatic N) is 3. The van der Waals surface area contributed by atoms with Crippen molar-refractivity contribution < 1.29 is 0 Å². The lowest BCUT2D eigenvalue weighted by Gasteiger charge is -2.14. The zero-order chi connectivity index (χ0) is 8.97. The molecule has 0 aromatic carbocycles. The van der Waals surface area contributed by atoms with E-state index in [0.717, 1.165) is 18.5 Å². The van der Waals surface area contributed by atoms with Gasteiger partial charge in [-0.05, 0) is 24.3 Å². The van der Waals surface area contributed by atoms with Crippen molar-refractivity contribution >= 4 is 0 Å². The summed E-state index contributed by atoms with van der Waals surface area (Å²) < 4.78 is 0. The van der Waals surface area contributed by atoms with Crippen LogP contribution >= 0.6 is 0 Å². The van der Waals surface area contributed by atoms with E-state index in [1.807, 2.05) is 6.08 Å². The average molecular weight is 163 g/mol. The fraction of sp³-hybridized carbons (Fsp3) is 0.556. The van der Waals surface area contributed by atoms with E-state index in [2.05, 4.69) is 29.9 Å². The largest absolute Gasteiger partial charge is 0.0673 e. The molecule has 1 aliphatic carbocycles. The van der Waals surface area contributed by atoms with Crippen LogP contribution in [0.5, 0.6) is 0 Å². The summed E-state index contributed by atoms with van der Waals surface area (Å²) in [5, 5.41) is 3.57. The maximum absolute atomic E-state index is 8.19. The van der Waals surface area contributed by atoms with Crippen LogP contribution in [-0.2, 0) is 0 Å². The van der Waals surface area contributed by atoms with Crippen LogP contribution in [0.2, 0.25) is 0 Å². The number of hydrogen-bond donors (Lipinski definition) is 0. The molecular weight excluding hydrogens is 150 g/mol. The topological polar surface area (TPSA) is 48.8 Å². The smallest absolute Gasteiger partial charge is 0.0154 e. The van der Waals surface area contributed by atoms with E-state index in [1.54, 1.807) is 0 Å². The van der Waals surface area contributed by atoms with Gasteiger partial charge in [-0.2, -0.15) is 0 Å². The predicted octanol–water partition coefficient (Wildman–Crippen LogP) is 3.56. The molecule has 0 atom stereocenters. The predicted molar refractivity (Wildman–Crippen MR) is 49.4 cm³/mol. The van der Waals surface area contributed by atoms with Gasteiger partial charge in [-0.25, -0.2) is 0 Å². The second-order valence-corrected chi connectivity index (χ2v) is 3.24. The first-order valence-corrected chi connectivity index (χ1v) is 4.18. The highest BCUT2D eigenvalue weighted by molar-refractivity contribution is 5.24. The zero-order valence-corrected chi connectivity index (χ0v) is 7.49. The third-order valence-corrected chi connectivity index (χ3v) is 2.07. The van der Waals surface area contributed by atoms with Gasteiger partial charge in [0.1, 0.15) is 0 Å². The summed E-state index contributed by atoms with van der Waals surface area (Å²) in [6, 6.07) is 0. The molecule has 3 nitrogen and oxygen atoms in total. The third-order valence-electron chi connectivity index (χ3n) is 2.07. The van der Waals surface area contributed by atoms with E-state index < -0.39 is 0 Å². The van der Waals surface area contributed by atoms with E-state index in [0.29, 0.717) is 5.92 Å². The van der Waals surface area contributed by atoms with Gasteiger partial charge in [0.2, 0.25) is 0 Å². The number of allylic oxidation sites excluding steroid dienone is 4. The Morgan fingerprint density at radius 3 is 2.58 bits per heavy atom. The summed E-state index contributed by atoms with van der Waals surface area (Å²) in [6.45, 7) is 4.36. The molecule has 0 saturated heterocycles. The van der Waals surface area contributed by atoms with Gasteiger partial charge in [-0.15, -0.1) is 0 Å². The van der Waals surface area contributed by atoms with Gasteiger partial charge in [0.15, 0.2) is 0 Å². The summed E-state index contributed by atoms with van der Waals surface area (Å²) in [4.78, 5) is 2.76. The van der Waals surface area contributed by atoms with Crippen LogP contribution in [0.15, 0.2) is 28.5 Å². The number of azide groups is 1. The molecule has 0 heterocycles. The Morgan fingerprint density at radius 2 is 2.17 bits per heavy atom. The van der Waals surface area contributed by atoms with Crippen LogP contribution in [0.1, 0.15) is 26.7 Å². The fourth-order valence-corrected chi connectivity index (χ4v) is 1.26. The van der Waals surface area contributed by atoms with E-state index >= 15 is 0 Å². The van der Waals surface area contributed by atoms with Crippen LogP contribution in [0, 0.1) is 5.92 Å². The molecule has 1 rings (SSSR count). The van der Waals surface area contributed by atoms with Gasteiger partial charge in [0, 0.05) is 10.6 Å². The molecular formula is C9H13N3. The highest BCUT2D eigenvalue weighted by Crippen LogP contribution is 2.24. The normalized spacial score (nSPS) is 16.6. The van der Waals surface area contributed by atoms with Crippen molar-refractivity contribution in [2.75, 3.05) is 0 Å². The summed E-state index contributed by atoms with van der Waals surface area (Å²) in [6.07, 6.45) is 5.90. The van der Waals surface area contributed by atoms with Crippen molar-refractivity contribution in [3.63, 3.8) is 0 Å². The van der Waals surface area contributed by atoms with Gasteiger partial charge in [-0.3, -0.25) is 0 Å². The van der Waals surface area contributed by atoms with Crippen molar-refractivity contribution in [2.24, 2.45) is 11.0 Å². The molecule has 0 aliphatic heterocycles. The molecule has 0 aromatic rings. The maximum Gasteiger partial charge on any atom is 0.0154 e. The number of rotatable bonds is 2. The van der Waals surface area contributed by atoms with Crippen LogP contribution < -0.4 is 0 Å². The summed E-state index contributed by atoms with van der Waals surface area (Å²) >= 11 is 0. The van der Waals surface area contributed by atoms with E-state index in [9.17, 15) is 0 Å². The minimum Gasteiger partial charge on any atom is -0.0673 e. The van der Waals surface area contributed by atoms with E-state index in [-0.39, 0.29) is 0 Å². The van der Waals surface area contributed by atoms with Gasteiger partial charge in [0.25, 0.3) is 0 Å². The Morgan fingerprint density at radius 1 is 1.42 bits per heavy atom. The molecule has 0 spiro atoms. The molecule has 64 valence electrons. The fourth-order valence-electron chi connectivity index (χ4n) is 1.26. The molecule has 0 bridgehead atoms. The Bertz CT molecular complexity index is 267. The minimum absolute atomic E-state index is 0.605. The Kier molecular flexibility index (Phi) is 2.94. The minimum atomic E-state index is 0.605. The lowest BCUT2D eigenvalue weighted by atomic mass is 9.94. The molecule has 0 aromatic heterocycles. The first kappa shape index (κ1) is 8.88. The van der Waals surface area contributed by atoms with Gasteiger partial charge in [-0.1, -0.05) is 36.7 Å². The Balaban J connectivity index is 2.72. The van der Waals surface area contributed by atoms with Gasteiger partial charge < -0.3 is 0 Å². The van der Waals surface area contributed by atoms with Gasteiger partial charge in [0.05, 0.1) is 0 Å². The van der Waals surface area contributed by atoms with Crippen LogP contribution in [0.4, 0.5) is 0 Å². The SMILES string of the molecule is CC(C)C1=CC=C(N=[N+]=[N-])CC1. The second-order valence-electron chi connectivity index (χ2n) is 3.24. The van der Waals surface area contributed by atoms with Crippen molar-refractivity contribution in [2.45, 2.75) is 26.7 Å². The lowest BCUT2D eigenvalue weighted by Crippen LogP contribution is -1.98. The van der Waals surface area contributed by atoms with Crippen molar-refractivity contribution in [1.29, 1.82) is 0 Å². The number of hydrogen-bond acceptors (Lipinski definition) is 1. The highest BCUT2D eigenvalue weighted by Gasteiger charge is 2.07. The molecule has 0 radical (unpaired) electrons. The second kappa shape index (κ2) is 3.98. The van der Waals surface area contributed by atoms with E-state index in [1.165, 1.54) is 5.57 Å². The van der Waals surface area contributed by atoms with Crippen molar-refractivity contribution in [3.05, 3.63) is 33.9 Å². The molecule has 12 heavy (non-hydrogen) atoms. The molecule has 0 fully saturated rings. The van der Waals surface area contributed by atoms with Crippen molar-refractivity contribution in [3.8, 4) is 0 Å². The van der Waals surface area contributed by atoms with Crippen LogP contribution in [0.3, 0.4) is 0 Å². The lowest BCUT2D eigenvalue weighted by molar-refractivity contribution is 0.697. The first-order chi connectivity index (χ1) is 5.74. The van der Waals surface area contributed by atoms with Gasteiger partial charge >= 0.3 is 0 Å². The Hall–Kier alpha value is -1.21. The summed E-state index contributed by atoms with van der Waals surface area (Å²) in [7, 11) is 0. The molecule has 0 amide bonds. The molecule has 1 aliphatic rings. The summed E-state index contributed by atoms with van der Waals surface area (Å²) in [5.74, 6) is 0.605. The highest BCUT2D eigenvalue weighted by atomic mass is 15.1. The van der Waals surface area contributed by atoms with Crippen LogP contribution in [0.25, 0.3) is 10.4 Å². The zero-order valence-electron chi connectivity index (χ0n) is 7.49. The molecule has 3 heteroatoms. The third kappa shape index (κ3) is 2.14. The Labute approximate surface area is 72.4 Å². The maximum atomic E-state index is 8.19. The summed E-state index contributed by atoms with van der Waals surface area (Å²) in [5.41, 5.74) is 10.5. The van der Waals surface area contributed by atoms with Crippen LogP contribution in [-0.4, -0.2) is 0 Å². The molecule has 0 saturated carbocycles. The molecule has 0 unspecified atom stereocenters.